The van der Waals surface area contributed by atoms with Crippen LogP contribution in [0.25, 0.3) is 0 Å². The van der Waals surface area contributed by atoms with Gasteiger partial charge in [0.15, 0.2) is 5.75 Å². The van der Waals surface area contributed by atoms with Crippen molar-refractivity contribution < 1.29 is 4.74 Å². The average molecular weight is 568 g/mol. The first-order chi connectivity index (χ1) is 20.0. The number of benzene rings is 1. The van der Waals surface area contributed by atoms with Gasteiger partial charge in [0.25, 0.3) is 0 Å². The molecule has 232 valence electrons. The van der Waals surface area contributed by atoms with Crippen LogP contribution in [0, 0.1) is 0 Å². The van der Waals surface area contributed by atoms with Crippen molar-refractivity contribution >= 4 is 0 Å². The fourth-order valence-corrected chi connectivity index (χ4v) is 5.32. The van der Waals surface area contributed by atoms with Gasteiger partial charge in [-0.05, 0) is 33.1 Å². The Labute approximate surface area is 252 Å². The van der Waals surface area contributed by atoms with E-state index < -0.39 is 0 Å². The minimum Gasteiger partial charge on any atom is -0.488 e. The fraction of sp³-hybridized carbons (Fsp3) is 0.694. The lowest BCUT2D eigenvalue weighted by atomic mass is 10.0. The van der Waals surface area contributed by atoms with Crippen molar-refractivity contribution in [2.45, 2.75) is 123 Å². The zero-order valence-corrected chi connectivity index (χ0v) is 27.0. The van der Waals surface area contributed by atoms with Gasteiger partial charge in [0.2, 0.25) is 5.43 Å². The summed E-state index contributed by atoms with van der Waals surface area (Å²) in [5.41, 5.74) is 2.23. The van der Waals surface area contributed by atoms with Crippen molar-refractivity contribution in [1.82, 2.24) is 14.4 Å². The van der Waals surface area contributed by atoms with Crippen molar-refractivity contribution in [1.29, 1.82) is 0 Å². The number of ether oxygens (including phenoxy) is 1. The summed E-state index contributed by atoms with van der Waals surface area (Å²) in [5.74, 6) is 0.474. The number of unbranched alkanes of at least 4 members (excludes halogenated alkanes) is 15. The Bertz CT molecular complexity index is 957. The van der Waals surface area contributed by atoms with Crippen molar-refractivity contribution in [3.63, 3.8) is 0 Å². The molecular weight excluding hydrogens is 506 g/mol. The Balaban J connectivity index is 1.66. The van der Waals surface area contributed by atoms with Gasteiger partial charge in [-0.2, -0.15) is 0 Å². The lowest BCUT2D eigenvalue weighted by Crippen LogP contribution is -2.30. The molecule has 0 aliphatic rings. The molecule has 0 saturated heterocycles. The van der Waals surface area contributed by atoms with Gasteiger partial charge in [-0.3, -0.25) is 9.69 Å². The molecule has 0 amide bonds. The van der Waals surface area contributed by atoms with E-state index in [1.165, 1.54) is 102 Å². The largest absolute Gasteiger partial charge is 0.488 e. The minimum atomic E-state index is -0.0122. The van der Waals surface area contributed by atoms with E-state index in [-0.39, 0.29) is 5.43 Å². The van der Waals surface area contributed by atoms with Gasteiger partial charge in [0, 0.05) is 37.9 Å². The standard InChI is InChI=1S/C36H61N3O2/c1-5-6-7-8-9-10-11-12-13-14-15-16-17-18-19-23-28-41-36-32-39(30-33-24-21-20-22-25-33)34(29-35(36)40)31-38(4)27-26-37(2)3/h20-22,24-25,29,32H,5-19,23,26-28,30-31H2,1-4H3. The summed E-state index contributed by atoms with van der Waals surface area (Å²) in [6, 6.07) is 12.2. The van der Waals surface area contributed by atoms with Crippen LogP contribution in [0.5, 0.6) is 5.75 Å². The maximum Gasteiger partial charge on any atom is 0.223 e. The fourth-order valence-electron chi connectivity index (χ4n) is 5.32. The van der Waals surface area contributed by atoms with Crippen molar-refractivity contribution in [3.05, 3.63) is 64.1 Å². The summed E-state index contributed by atoms with van der Waals surface area (Å²) in [5, 5.41) is 0. The van der Waals surface area contributed by atoms with Gasteiger partial charge < -0.3 is 14.2 Å². The molecule has 41 heavy (non-hydrogen) atoms. The molecule has 2 aromatic rings. The third kappa shape index (κ3) is 16.8. The van der Waals surface area contributed by atoms with E-state index in [4.69, 9.17) is 4.74 Å². The molecule has 0 aliphatic heterocycles. The monoisotopic (exact) mass is 567 g/mol. The highest BCUT2D eigenvalue weighted by Gasteiger charge is 2.11. The Kier molecular flexibility index (Phi) is 19.2. The number of rotatable bonds is 25. The van der Waals surface area contributed by atoms with Gasteiger partial charge in [0.05, 0.1) is 12.8 Å². The number of hydrogen-bond acceptors (Lipinski definition) is 4. The summed E-state index contributed by atoms with van der Waals surface area (Å²) in [6.45, 7) is 6.29. The topological polar surface area (TPSA) is 37.7 Å². The summed E-state index contributed by atoms with van der Waals surface area (Å²) >= 11 is 0. The molecule has 1 heterocycles. The molecule has 5 heteroatoms. The average Bonchev–Trinajstić information content (AvgIpc) is 2.96. The Morgan fingerprint density at radius 1 is 0.707 bits per heavy atom. The second-order valence-corrected chi connectivity index (χ2v) is 12.3. The first-order valence-electron chi connectivity index (χ1n) is 16.7. The minimum absolute atomic E-state index is 0.0122. The van der Waals surface area contributed by atoms with Crippen LogP contribution < -0.4 is 10.2 Å². The van der Waals surface area contributed by atoms with Crippen molar-refractivity contribution in [3.8, 4) is 5.75 Å². The second-order valence-electron chi connectivity index (χ2n) is 12.3. The summed E-state index contributed by atoms with van der Waals surface area (Å²) in [6.07, 6.45) is 23.6. The predicted molar refractivity (Wildman–Crippen MR) is 176 cm³/mol. The molecule has 5 nitrogen and oxygen atoms in total. The second kappa shape index (κ2) is 22.5. The van der Waals surface area contributed by atoms with Crippen molar-refractivity contribution in [2.24, 2.45) is 0 Å². The van der Waals surface area contributed by atoms with Crippen molar-refractivity contribution in [2.75, 3.05) is 40.8 Å². The molecule has 0 unspecified atom stereocenters. The van der Waals surface area contributed by atoms with E-state index >= 15 is 0 Å². The lowest BCUT2D eigenvalue weighted by Gasteiger charge is -2.22. The van der Waals surface area contributed by atoms with E-state index in [0.717, 1.165) is 38.3 Å². The third-order valence-electron chi connectivity index (χ3n) is 7.99. The molecular formula is C36H61N3O2. The van der Waals surface area contributed by atoms with Crippen LogP contribution >= 0.6 is 0 Å². The van der Waals surface area contributed by atoms with E-state index in [0.29, 0.717) is 12.4 Å². The predicted octanol–water partition coefficient (Wildman–Crippen LogP) is 8.53. The number of aromatic nitrogens is 1. The first kappa shape index (κ1) is 35.1. The van der Waals surface area contributed by atoms with E-state index in [9.17, 15) is 4.79 Å². The molecule has 0 N–H and O–H groups in total. The van der Waals surface area contributed by atoms with E-state index in [2.05, 4.69) is 66.7 Å². The van der Waals surface area contributed by atoms with Crippen LogP contribution in [-0.2, 0) is 13.1 Å². The van der Waals surface area contributed by atoms with Crippen LogP contribution in [0.2, 0.25) is 0 Å². The highest BCUT2D eigenvalue weighted by molar-refractivity contribution is 5.24. The highest BCUT2D eigenvalue weighted by atomic mass is 16.5. The molecule has 1 aromatic carbocycles. The third-order valence-corrected chi connectivity index (χ3v) is 7.99. The van der Waals surface area contributed by atoms with E-state index in [1.807, 2.05) is 12.3 Å². The Hall–Kier alpha value is -2.11. The van der Waals surface area contributed by atoms with Crippen LogP contribution in [0.3, 0.4) is 0 Å². The molecule has 1 aromatic heterocycles. The maximum absolute atomic E-state index is 12.9. The Morgan fingerprint density at radius 2 is 1.24 bits per heavy atom. The summed E-state index contributed by atoms with van der Waals surface area (Å²) in [4.78, 5) is 17.4. The van der Waals surface area contributed by atoms with Gasteiger partial charge in [-0.25, -0.2) is 0 Å². The number of hydrogen-bond donors (Lipinski definition) is 0. The van der Waals surface area contributed by atoms with Gasteiger partial charge in [-0.1, -0.05) is 134 Å². The molecule has 0 aliphatic carbocycles. The molecule has 0 fully saturated rings. The van der Waals surface area contributed by atoms with Gasteiger partial charge in [-0.15, -0.1) is 0 Å². The van der Waals surface area contributed by atoms with Crippen LogP contribution in [0.4, 0.5) is 0 Å². The highest BCUT2D eigenvalue weighted by Crippen LogP contribution is 2.15. The lowest BCUT2D eigenvalue weighted by molar-refractivity contribution is 0.269. The molecule has 2 rings (SSSR count). The number of likely N-dealkylation sites (N-methyl/N-ethyl adjacent to an activating group) is 2. The van der Waals surface area contributed by atoms with Gasteiger partial charge in [0.1, 0.15) is 0 Å². The quantitative estimate of drug-likeness (QED) is 0.113. The van der Waals surface area contributed by atoms with Gasteiger partial charge >= 0.3 is 0 Å². The molecule has 0 atom stereocenters. The summed E-state index contributed by atoms with van der Waals surface area (Å²) in [7, 11) is 6.29. The molecule has 0 spiro atoms. The number of pyridine rings is 1. The smallest absolute Gasteiger partial charge is 0.223 e. The normalized spacial score (nSPS) is 11.6. The first-order valence-corrected chi connectivity index (χ1v) is 16.7. The van der Waals surface area contributed by atoms with Crippen LogP contribution in [0.15, 0.2) is 47.4 Å². The summed E-state index contributed by atoms with van der Waals surface area (Å²) < 4.78 is 8.21. The SMILES string of the molecule is CCCCCCCCCCCCCCCCCCOc1cn(Cc2ccccc2)c(CN(C)CCN(C)C)cc1=O. The Morgan fingerprint density at radius 3 is 1.78 bits per heavy atom. The van der Waals surface area contributed by atoms with E-state index in [1.54, 1.807) is 6.07 Å². The van der Waals surface area contributed by atoms with Crippen LogP contribution in [0.1, 0.15) is 121 Å². The number of nitrogens with zero attached hydrogens (tertiary/aromatic N) is 3. The molecule has 0 radical (unpaired) electrons. The molecule has 0 bridgehead atoms. The van der Waals surface area contributed by atoms with Crippen LogP contribution in [-0.4, -0.2) is 55.2 Å². The zero-order chi connectivity index (χ0) is 29.5. The molecule has 0 saturated carbocycles. The maximum atomic E-state index is 12.9. The zero-order valence-electron chi connectivity index (χ0n) is 27.0.